The molecule has 3 aromatic carbocycles. The maximum Gasteiger partial charge on any atom is 0.243 e. The van der Waals surface area contributed by atoms with Crippen LogP contribution in [0.2, 0.25) is 5.02 Å². The van der Waals surface area contributed by atoms with Crippen LogP contribution in [-0.2, 0) is 29.0 Å². The number of carbonyl (C=O) groups is 2. The molecular weight excluding hydrogens is 451 g/mol. The summed E-state index contributed by atoms with van der Waals surface area (Å²) in [5.74, 6) is -0.819. The normalized spacial score (nSPS) is 12.1. The Morgan fingerprint density at radius 3 is 2.18 bits per heavy atom. The second-order valence-corrected chi connectivity index (χ2v) is 9.84. The first kappa shape index (κ1) is 25.4. The molecule has 178 valence electrons. The molecule has 0 radical (unpaired) electrons. The number of hydrogen-bond donors (Lipinski definition) is 1. The number of nitrogens with zero attached hydrogens (tertiary/aromatic N) is 1. The van der Waals surface area contributed by atoms with Crippen molar-refractivity contribution in [3.63, 3.8) is 0 Å². The first-order chi connectivity index (χ1) is 16.1. The first-order valence-corrected chi connectivity index (χ1v) is 11.6. The predicted octanol–water partition coefficient (Wildman–Crippen LogP) is 5.58. The number of carbonyl (C=O) groups excluding carboxylic acids is 2. The maximum absolute atomic E-state index is 13.6. The predicted molar refractivity (Wildman–Crippen MR) is 134 cm³/mol. The Labute approximate surface area is 205 Å². The van der Waals surface area contributed by atoms with Crippen molar-refractivity contribution < 1.29 is 14.0 Å². The van der Waals surface area contributed by atoms with E-state index in [0.29, 0.717) is 17.0 Å². The van der Waals surface area contributed by atoms with Crippen molar-refractivity contribution in [3.05, 3.63) is 106 Å². The SMILES string of the molecule is CC(C)(C)NC(=O)[C@H](Cc1ccccc1)N(Cc1cccc(Cl)c1)C(=O)Cc1ccc(F)cc1. The first-order valence-electron chi connectivity index (χ1n) is 11.2. The van der Waals surface area contributed by atoms with Crippen molar-refractivity contribution in [2.24, 2.45) is 0 Å². The minimum Gasteiger partial charge on any atom is -0.350 e. The van der Waals surface area contributed by atoms with Crippen molar-refractivity contribution >= 4 is 23.4 Å². The van der Waals surface area contributed by atoms with E-state index in [4.69, 9.17) is 11.6 Å². The van der Waals surface area contributed by atoms with Gasteiger partial charge in [-0.3, -0.25) is 9.59 Å². The van der Waals surface area contributed by atoms with Crippen LogP contribution < -0.4 is 5.32 Å². The smallest absolute Gasteiger partial charge is 0.243 e. The van der Waals surface area contributed by atoms with Crippen LogP contribution in [0, 0.1) is 5.82 Å². The Morgan fingerprint density at radius 2 is 1.56 bits per heavy atom. The molecule has 0 unspecified atom stereocenters. The lowest BCUT2D eigenvalue weighted by molar-refractivity contribution is -0.141. The molecule has 1 N–H and O–H groups in total. The monoisotopic (exact) mass is 480 g/mol. The molecule has 3 rings (SSSR count). The topological polar surface area (TPSA) is 49.4 Å². The number of hydrogen-bond acceptors (Lipinski definition) is 2. The summed E-state index contributed by atoms with van der Waals surface area (Å²) in [5, 5.41) is 3.59. The van der Waals surface area contributed by atoms with Gasteiger partial charge in [-0.1, -0.05) is 66.2 Å². The lowest BCUT2D eigenvalue weighted by Crippen LogP contribution is -2.54. The van der Waals surface area contributed by atoms with Crippen LogP contribution in [0.15, 0.2) is 78.9 Å². The fourth-order valence-corrected chi connectivity index (χ4v) is 3.93. The lowest BCUT2D eigenvalue weighted by atomic mass is 10.00. The molecule has 4 nitrogen and oxygen atoms in total. The van der Waals surface area contributed by atoms with Crippen LogP contribution in [-0.4, -0.2) is 28.3 Å². The zero-order valence-electron chi connectivity index (χ0n) is 19.7. The average molecular weight is 481 g/mol. The largest absolute Gasteiger partial charge is 0.350 e. The number of halogens is 2. The molecule has 1 atom stereocenters. The van der Waals surface area contributed by atoms with Crippen molar-refractivity contribution in [1.29, 1.82) is 0 Å². The molecule has 0 bridgehead atoms. The molecule has 3 aromatic rings. The molecule has 0 heterocycles. The van der Waals surface area contributed by atoms with E-state index < -0.39 is 11.6 Å². The van der Waals surface area contributed by atoms with Crippen LogP contribution in [0.4, 0.5) is 4.39 Å². The molecule has 34 heavy (non-hydrogen) atoms. The molecule has 0 saturated heterocycles. The second-order valence-electron chi connectivity index (χ2n) is 9.40. The maximum atomic E-state index is 13.6. The van der Waals surface area contributed by atoms with Crippen LogP contribution in [0.3, 0.4) is 0 Å². The van der Waals surface area contributed by atoms with Gasteiger partial charge in [-0.2, -0.15) is 0 Å². The van der Waals surface area contributed by atoms with E-state index in [-0.39, 0.29) is 30.6 Å². The summed E-state index contributed by atoms with van der Waals surface area (Å²) in [6, 6.07) is 22.0. The fourth-order valence-electron chi connectivity index (χ4n) is 3.72. The van der Waals surface area contributed by atoms with Crippen LogP contribution in [0.25, 0.3) is 0 Å². The van der Waals surface area contributed by atoms with Crippen LogP contribution in [0.1, 0.15) is 37.5 Å². The minimum atomic E-state index is -0.742. The third kappa shape index (κ3) is 7.70. The summed E-state index contributed by atoms with van der Waals surface area (Å²) < 4.78 is 13.4. The molecule has 0 aliphatic heterocycles. The number of nitrogens with one attached hydrogen (secondary N) is 1. The summed E-state index contributed by atoms with van der Waals surface area (Å²) in [4.78, 5) is 28.7. The Bertz CT molecular complexity index is 1110. The third-order valence-electron chi connectivity index (χ3n) is 5.28. The Hall–Kier alpha value is -3.18. The zero-order chi connectivity index (χ0) is 24.7. The molecule has 0 fully saturated rings. The Kier molecular flexibility index (Phi) is 8.46. The Morgan fingerprint density at radius 1 is 0.912 bits per heavy atom. The van der Waals surface area contributed by atoms with Gasteiger partial charge in [0, 0.05) is 23.5 Å². The van der Waals surface area contributed by atoms with Gasteiger partial charge in [0.2, 0.25) is 11.8 Å². The van der Waals surface area contributed by atoms with E-state index in [1.807, 2.05) is 63.2 Å². The van der Waals surface area contributed by atoms with E-state index in [0.717, 1.165) is 11.1 Å². The van der Waals surface area contributed by atoms with E-state index in [1.165, 1.54) is 12.1 Å². The van der Waals surface area contributed by atoms with Gasteiger partial charge in [0.05, 0.1) is 6.42 Å². The van der Waals surface area contributed by atoms with Gasteiger partial charge in [-0.15, -0.1) is 0 Å². The summed E-state index contributed by atoms with van der Waals surface area (Å²) in [7, 11) is 0. The molecule has 6 heteroatoms. The fraction of sp³-hybridized carbons (Fsp3) is 0.286. The number of rotatable bonds is 8. The summed E-state index contributed by atoms with van der Waals surface area (Å²) in [6.45, 7) is 5.94. The quantitative estimate of drug-likeness (QED) is 0.457. The van der Waals surface area contributed by atoms with E-state index in [1.54, 1.807) is 29.2 Å². The summed E-state index contributed by atoms with van der Waals surface area (Å²) in [5.41, 5.74) is 1.98. The Balaban J connectivity index is 1.98. The highest BCUT2D eigenvalue weighted by molar-refractivity contribution is 6.30. The van der Waals surface area contributed by atoms with Gasteiger partial charge in [-0.25, -0.2) is 4.39 Å². The third-order valence-corrected chi connectivity index (χ3v) is 5.51. The molecule has 2 amide bonds. The van der Waals surface area contributed by atoms with Crippen LogP contribution in [0.5, 0.6) is 0 Å². The molecule has 0 aliphatic rings. The van der Waals surface area contributed by atoms with Gasteiger partial charge < -0.3 is 10.2 Å². The molecule has 0 aliphatic carbocycles. The molecular formula is C28H30ClFN2O2. The van der Waals surface area contributed by atoms with Gasteiger partial charge >= 0.3 is 0 Å². The molecule has 0 spiro atoms. The molecule has 0 aromatic heterocycles. The van der Waals surface area contributed by atoms with Crippen molar-refractivity contribution in [2.45, 2.75) is 51.7 Å². The van der Waals surface area contributed by atoms with Crippen molar-refractivity contribution in [3.8, 4) is 0 Å². The van der Waals surface area contributed by atoms with Gasteiger partial charge in [-0.05, 0) is 61.7 Å². The zero-order valence-corrected chi connectivity index (χ0v) is 20.5. The summed E-state index contributed by atoms with van der Waals surface area (Å²) in [6.07, 6.45) is 0.410. The van der Waals surface area contributed by atoms with Gasteiger partial charge in [0.1, 0.15) is 11.9 Å². The van der Waals surface area contributed by atoms with Gasteiger partial charge in [0.25, 0.3) is 0 Å². The van der Waals surface area contributed by atoms with Crippen molar-refractivity contribution in [2.75, 3.05) is 0 Å². The van der Waals surface area contributed by atoms with Gasteiger partial charge in [0.15, 0.2) is 0 Å². The highest BCUT2D eigenvalue weighted by Gasteiger charge is 2.32. The second kappa shape index (κ2) is 11.3. The lowest BCUT2D eigenvalue weighted by Gasteiger charge is -2.34. The standard InChI is InChI=1S/C28H30ClFN2O2/c1-28(2,3)31-27(34)25(17-20-8-5-4-6-9-20)32(19-22-10-7-11-23(29)16-22)26(33)18-21-12-14-24(30)15-13-21/h4-16,25H,17-19H2,1-3H3,(H,31,34)/t25-/m0/s1. The van der Waals surface area contributed by atoms with Crippen molar-refractivity contribution in [1.82, 2.24) is 10.2 Å². The number of benzene rings is 3. The highest BCUT2D eigenvalue weighted by atomic mass is 35.5. The van der Waals surface area contributed by atoms with Crippen LogP contribution >= 0.6 is 11.6 Å². The highest BCUT2D eigenvalue weighted by Crippen LogP contribution is 2.19. The van der Waals surface area contributed by atoms with E-state index in [9.17, 15) is 14.0 Å². The molecule has 0 saturated carbocycles. The summed E-state index contributed by atoms with van der Waals surface area (Å²) >= 11 is 6.19. The minimum absolute atomic E-state index is 0.0505. The van der Waals surface area contributed by atoms with E-state index >= 15 is 0 Å². The van der Waals surface area contributed by atoms with E-state index in [2.05, 4.69) is 5.32 Å². The average Bonchev–Trinajstić information content (AvgIpc) is 2.77. The number of amides is 2.